The second-order valence-corrected chi connectivity index (χ2v) is 7.03. The van der Waals surface area contributed by atoms with Gasteiger partial charge >= 0.3 is 5.97 Å². The van der Waals surface area contributed by atoms with Crippen molar-refractivity contribution in [3.8, 4) is 0 Å². The number of methoxy groups -OCH3 is 1. The summed E-state index contributed by atoms with van der Waals surface area (Å²) in [4.78, 5) is 39.9. The Morgan fingerprint density at radius 2 is 1.77 bits per heavy atom. The van der Waals surface area contributed by atoms with Crippen LogP contribution in [0.1, 0.15) is 26.3 Å². The van der Waals surface area contributed by atoms with Gasteiger partial charge in [0.2, 0.25) is 11.6 Å². The molecule has 0 amide bonds. The van der Waals surface area contributed by atoms with E-state index >= 15 is 0 Å². The number of carbonyl (C=O) groups is 3. The summed E-state index contributed by atoms with van der Waals surface area (Å²) in [6.45, 7) is 0. The molecule has 132 valence electrons. The van der Waals surface area contributed by atoms with E-state index in [2.05, 4.69) is 24.8 Å². The smallest absolute Gasteiger partial charge is 0.338 e. The van der Waals surface area contributed by atoms with Gasteiger partial charge in [0.25, 0.3) is 9.05 Å². The highest BCUT2D eigenvalue weighted by Gasteiger charge is 2.40. The van der Waals surface area contributed by atoms with Crippen LogP contribution in [0.3, 0.4) is 0 Å². The molecule has 0 aromatic heterocycles. The van der Waals surface area contributed by atoms with E-state index in [9.17, 15) is 22.8 Å². The van der Waals surface area contributed by atoms with Crippen molar-refractivity contribution in [3.05, 3.63) is 55.4 Å². The first-order valence-corrected chi connectivity index (χ1v) is 8.63. The van der Waals surface area contributed by atoms with Crippen molar-refractivity contribution in [2.75, 3.05) is 7.11 Å². The number of benzene rings is 1. The van der Waals surface area contributed by atoms with Gasteiger partial charge in [0.15, 0.2) is 0 Å². The minimum absolute atomic E-state index is 0.399. The SMILES string of the molecule is COC(=O)c1ccc2c(c1N=[N+]=[N-])C(S(=O)(=O)Cl)=C(N=[N+]=[N-])C(=O)C2=O. The summed E-state index contributed by atoms with van der Waals surface area (Å²) >= 11 is 0. The largest absolute Gasteiger partial charge is 0.465 e. The fraction of sp³-hybridized carbons (Fsp3) is 0.0833. The summed E-state index contributed by atoms with van der Waals surface area (Å²) < 4.78 is 28.5. The van der Waals surface area contributed by atoms with Gasteiger partial charge in [-0.3, -0.25) is 9.59 Å². The third-order valence-electron chi connectivity index (χ3n) is 3.22. The molecule has 1 aromatic rings. The number of allylic oxidation sites excluding steroid dienone is 1. The summed E-state index contributed by atoms with van der Waals surface area (Å²) in [6.07, 6.45) is 0. The Kier molecular flexibility index (Phi) is 5.00. The van der Waals surface area contributed by atoms with E-state index in [-0.39, 0.29) is 0 Å². The molecule has 26 heavy (non-hydrogen) atoms. The minimum atomic E-state index is -4.78. The number of carbonyl (C=O) groups excluding carboxylic acids is 3. The normalized spacial score (nSPS) is 13.5. The molecule has 0 radical (unpaired) electrons. The molecule has 12 nitrogen and oxygen atoms in total. The number of ketones is 2. The molecule has 0 atom stereocenters. The molecular weight excluding hydrogens is 392 g/mol. The topological polar surface area (TPSA) is 192 Å². The van der Waals surface area contributed by atoms with E-state index in [1.165, 1.54) is 0 Å². The van der Waals surface area contributed by atoms with Crippen molar-refractivity contribution in [2.45, 2.75) is 0 Å². The molecule has 0 saturated heterocycles. The number of halogens is 1. The molecule has 0 saturated carbocycles. The average Bonchev–Trinajstić information content (AvgIpc) is 2.58. The van der Waals surface area contributed by atoms with Crippen LogP contribution in [0.4, 0.5) is 5.69 Å². The lowest BCUT2D eigenvalue weighted by atomic mass is 9.90. The molecule has 0 heterocycles. The Labute approximate surface area is 148 Å². The Morgan fingerprint density at radius 3 is 2.27 bits per heavy atom. The van der Waals surface area contributed by atoms with E-state index in [0.717, 1.165) is 19.2 Å². The van der Waals surface area contributed by atoms with Crippen molar-refractivity contribution < 1.29 is 27.5 Å². The minimum Gasteiger partial charge on any atom is -0.465 e. The second-order valence-electron chi connectivity index (χ2n) is 4.53. The Morgan fingerprint density at radius 1 is 1.15 bits per heavy atom. The monoisotopic (exact) mass is 396 g/mol. The fourth-order valence-corrected chi connectivity index (χ4v) is 3.52. The molecule has 0 unspecified atom stereocenters. The first kappa shape index (κ1) is 19.0. The zero-order valence-electron chi connectivity index (χ0n) is 12.6. The lowest BCUT2D eigenvalue weighted by Gasteiger charge is -2.20. The van der Waals surface area contributed by atoms with Gasteiger partial charge < -0.3 is 4.74 Å². The number of hydrogen-bond acceptors (Lipinski definition) is 8. The number of hydrogen-bond donors (Lipinski definition) is 0. The Hall–Kier alpha value is -3.37. The fourth-order valence-electron chi connectivity index (χ4n) is 2.26. The van der Waals surface area contributed by atoms with E-state index < -0.39 is 59.6 Å². The van der Waals surface area contributed by atoms with Crippen LogP contribution in [-0.2, 0) is 18.6 Å². The maximum Gasteiger partial charge on any atom is 0.338 e. The van der Waals surface area contributed by atoms with E-state index in [4.69, 9.17) is 21.7 Å². The number of ether oxygens (including phenoxy) is 1. The van der Waals surface area contributed by atoms with Crippen molar-refractivity contribution in [1.82, 2.24) is 0 Å². The number of Topliss-reactive ketones (excluding diaryl/α,β-unsaturated/α-hetero) is 2. The number of nitrogens with zero attached hydrogens (tertiary/aromatic N) is 6. The van der Waals surface area contributed by atoms with Crippen LogP contribution in [0.25, 0.3) is 25.8 Å². The number of rotatable bonds is 4. The zero-order valence-corrected chi connectivity index (χ0v) is 14.1. The van der Waals surface area contributed by atoms with Crippen LogP contribution in [-0.4, -0.2) is 33.1 Å². The number of fused-ring (bicyclic) bond motifs is 1. The molecule has 0 bridgehead atoms. The Bertz CT molecular complexity index is 1110. The van der Waals surface area contributed by atoms with Gasteiger partial charge in [-0.05, 0) is 23.2 Å². The van der Waals surface area contributed by atoms with Crippen LogP contribution in [0, 0.1) is 0 Å². The first-order valence-electron chi connectivity index (χ1n) is 6.32. The summed E-state index contributed by atoms with van der Waals surface area (Å²) in [7, 11) is 1.57. The summed E-state index contributed by atoms with van der Waals surface area (Å²) in [5.74, 6) is -3.68. The van der Waals surface area contributed by atoms with Gasteiger partial charge in [-0.2, -0.15) is 0 Å². The molecule has 0 aliphatic heterocycles. The standard InChI is InChI=1S/C12H5ClN6O6S/c1-25-12(22)5-3-2-4-6(7(5)16-18-14)11(26(13,23)24)8(17-19-15)10(21)9(4)20/h2-3H,1H3. The summed E-state index contributed by atoms with van der Waals surface area (Å²) in [5.41, 5.74) is 14.1. The van der Waals surface area contributed by atoms with Crippen LogP contribution in [0.2, 0.25) is 0 Å². The van der Waals surface area contributed by atoms with E-state index in [1.54, 1.807) is 0 Å². The highest BCUT2D eigenvalue weighted by Crippen LogP contribution is 2.43. The average molecular weight is 397 g/mol. The third kappa shape index (κ3) is 2.98. The number of azide groups is 2. The number of esters is 1. The van der Waals surface area contributed by atoms with Crippen molar-refractivity contribution in [3.63, 3.8) is 0 Å². The quantitative estimate of drug-likeness (QED) is 0.187. The van der Waals surface area contributed by atoms with Gasteiger partial charge in [-0.1, -0.05) is 10.2 Å². The summed E-state index contributed by atoms with van der Waals surface area (Å²) in [6, 6.07) is 1.98. The molecule has 1 aliphatic rings. The molecule has 1 aliphatic carbocycles. The lowest BCUT2D eigenvalue weighted by Crippen LogP contribution is -2.25. The molecule has 0 N–H and O–H groups in total. The van der Waals surface area contributed by atoms with Crippen molar-refractivity contribution in [1.29, 1.82) is 0 Å². The van der Waals surface area contributed by atoms with E-state index in [1.807, 2.05) is 0 Å². The highest BCUT2D eigenvalue weighted by molar-refractivity contribution is 8.21. The molecule has 2 rings (SSSR count). The van der Waals surface area contributed by atoms with Gasteiger partial charge in [0.05, 0.1) is 18.4 Å². The van der Waals surface area contributed by atoms with Crippen LogP contribution < -0.4 is 0 Å². The van der Waals surface area contributed by atoms with E-state index in [0.29, 0.717) is 0 Å². The lowest BCUT2D eigenvalue weighted by molar-refractivity contribution is -0.111. The molecular formula is C12H5ClN6O6S. The predicted molar refractivity (Wildman–Crippen MR) is 86.8 cm³/mol. The van der Waals surface area contributed by atoms with Gasteiger partial charge in [0.1, 0.15) is 10.6 Å². The highest BCUT2D eigenvalue weighted by atomic mass is 35.7. The second kappa shape index (κ2) is 6.86. The third-order valence-corrected chi connectivity index (χ3v) is 4.57. The molecule has 14 heteroatoms. The van der Waals surface area contributed by atoms with Gasteiger partial charge in [-0.25, -0.2) is 13.2 Å². The van der Waals surface area contributed by atoms with Crippen molar-refractivity contribution in [2.24, 2.45) is 10.2 Å². The van der Waals surface area contributed by atoms with Crippen LogP contribution in [0.15, 0.2) is 28.1 Å². The maximum absolute atomic E-state index is 12.2. The maximum atomic E-state index is 12.2. The van der Waals surface area contributed by atoms with Crippen LogP contribution in [0.5, 0.6) is 0 Å². The molecule has 0 spiro atoms. The zero-order chi connectivity index (χ0) is 19.6. The summed E-state index contributed by atoms with van der Waals surface area (Å²) in [5, 5.41) is 6.16. The van der Waals surface area contributed by atoms with Crippen LogP contribution >= 0.6 is 10.7 Å². The predicted octanol–water partition coefficient (Wildman–Crippen LogP) is 2.73. The molecule has 1 aromatic carbocycles. The van der Waals surface area contributed by atoms with Gasteiger partial charge in [0, 0.05) is 31.6 Å². The first-order chi connectivity index (χ1) is 12.2. The van der Waals surface area contributed by atoms with Crippen molar-refractivity contribution >= 4 is 47.9 Å². The Balaban J connectivity index is 3.17. The molecule has 0 fully saturated rings. The van der Waals surface area contributed by atoms with Gasteiger partial charge in [-0.15, -0.1) is 0 Å².